The molecule has 0 saturated heterocycles. The molecule has 2 aromatic rings. The van der Waals surface area contributed by atoms with Gasteiger partial charge in [-0.25, -0.2) is 4.98 Å². The summed E-state index contributed by atoms with van der Waals surface area (Å²) in [4.78, 5) is 4.57. The number of hydrogen-bond acceptors (Lipinski definition) is 4. The number of benzene rings is 1. The summed E-state index contributed by atoms with van der Waals surface area (Å²) in [6, 6.07) is 5.90. The molecule has 0 aliphatic carbocycles. The molecule has 0 unspecified atom stereocenters. The zero-order valence-electron chi connectivity index (χ0n) is 11.5. The highest BCUT2D eigenvalue weighted by Crippen LogP contribution is 2.29. The van der Waals surface area contributed by atoms with Gasteiger partial charge in [-0.05, 0) is 31.0 Å². The quantitative estimate of drug-likeness (QED) is 0.637. The van der Waals surface area contributed by atoms with Crippen molar-refractivity contribution in [1.82, 2.24) is 4.98 Å². The van der Waals surface area contributed by atoms with Crippen LogP contribution in [0.2, 0.25) is 0 Å². The van der Waals surface area contributed by atoms with E-state index in [1.807, 2.05) is 18.2 Å². The Morgan fingerprint density at radius 2 is 2.16 bits per heavy atom. The number of nitrogens with zero attached hydrogens (tertiary/aromatic N) is 1. The molecular formula is C15H20N2OS. The van der Waals surface area contributed by atoms with Crippen LogP contribution in [0.4, 0.5) is 5.69 Å². The van der Waals surface area contributed by atoms with Gasteiger partial charge in [0, 0.05) is 10.9 Å². The zero-order valence-corrected chi connectivity index (χ0v) is 12.3. The molecule has 102 valence electrons. The van der Waals surface area contributed by atoms with Crippen molar-refractivity contribution in [3.8, 4) is 17.0 Å². The molecule has 0 saturated carbocycles. The lowest BCUT2D eigenvalue weighted by molar-refractivity contribution is 0.311. The fourth-order valence-corrected chi connectivity index (χ4v) is 2.53. The summed E-state index contributed by atoms with van der Waals surface area (Å²) in [5, 5.41) is 3.22. The average Bonchev–Trinajstić information content (AvgIpc) is 2.89. The van der Waals surface area contributed by atoms with Crippen LogP contribution in [0.1, 0.15) is 31.7 Å². The highest BCUT2D eigenvalue weighted by Gasteiger charge is 2.07. The third-order valence-corrected chi connectivity index (χ3v) is 3.91. The van der Waals surface area contributed by atoms with Gasteiger partial charge in [0.1, 0.15) is 5.75 Å². The standard InChI is InChI=1S/C15H20N2OS/c1-3-5-8-18-14-7-6-11(9-12(14)16)13-10-19-15(4-2)17-13/h6-7,9-10H,3-5,8,16H2,1-2H3. The fraction of sp³-hybridized carbons (Fsp3) is 0.400. The van der Waals surface area contributed by atoms with Gasteiger partial charge in [0.05, 0.1) is 23.0 Å². The fourth-order valence-electron chi connectivity index (χ4n) is 1.77. The second-order valence-corrected chi connectivity index (χ2v) is 5.38. The molecule has 2 N–H and O–H groups in total. The third-order valence-electron chi connectivity index (χ3n) is 2.92. The van der Waals surface area contributed by atoms with Gasteiger partial charge in [-0.3, -0.25) is 0 Å². The SMILES string of the molecule is CCCCOc1ccc(-c2csc(CC)n2)cc1N. The predicted molar refractivity (Wildman–Crippen MR) is 81.7 cm³/mol. The van der Waals surface area contributed by atoms with Gasteiger partial charge < -0.3 is 10.5 Å². The maximum atomic E-state index is 6.03. The van der Waals surface area contributed by atoms with E-state index in [2.05, 4.69) is 24.2 Å². The van der Waals surface area contributed by atoms with Crippen LogP contribution in [-0.4, -0.2) is 11.6 Å². The lowest BCUT2D eigenvalue weighted by Gasteiger charge is -2.09. The number of hydrogen-bond donors (Lipinski definition) is 1. The number of nitrogens with two attached hydrogens (primary N) is 1. The van der Waals surface area contributed by atoms with Crippen LogP contribution >= 0.6 is 11.3 Å². The van der Waals surface area contributed by atoms with Crippen molar-refractivity contribution in [3.05, 3.63) is 28.6 Å². The van der Waals surface area contributed by atoms with Crippen molar-refractivity contribution in [1.29, 1.82) is 0 Å². The molecule has 1 aromatic heterocycles. The summed E-state index contributed by atoms with van der Waals surface area (Å²) in [6.45, 7) is 4.97. The predicted octanol–water partition coefficient (Wildman–Crippen LogP) is 4.13. The van der Waals surface area contributed by atoms with Crippen molar-refractivity contribution in [2.75, 3.05) is 12.3 Å². The maximum Gasteiger partial charge on any atom is 0.142 e. The summed E-state index contributed by atoms with van der Waals surface area (Å²) >= 11 is 1.69. The number of anilines is 1. The summed E-state index contributed by atoms with van der Waals surface area (Å²) in [5.41, 5.74) is 8.76. The Balaban J connectivity index is 2.13. The van der Waals surface area contributed by atoms with Crippen LogP contribution in [0.25, 0.3) is 11.3 Å². The highest BCUT2D eigenvalue weighted by molar-refractivity contribution is 7.09. The van der Waals surface area contributed by atoms with Crippen molar-refractivity contribution < 1.29 is 4.74 Å². The van der Waals surface area contributed by atoms with Crippen molar-refractivity contribution >= 4 is 17.0 Å². The van der Waals surface area contributed by atoms with E-state index in [9.17, 15) is 0 Å². The zero-order chi connectivity index (χ0) is 13.7. The van der Waals surface area contributed by atoms with Crippen LogP contribution < -0.4 is 10.5 Å². The largest absolute Gasteiger partial charge is 0.491 e. The summed E-state index contributed by atoms with van der Waals surface area (Å²) in [5.74, 6) is 0.767. The van der Waals surface area contributed by atoms with Crippen molar-refractivity contribution in [3.63, 3.8) is 0 Å². The lowest BCUT2D eigenvalue weighted by Crippen LogP contribution is -2.00. The number of nitrogen functional groups attached to an aromatic ring is 1. The van der Waals surface area contributed by atoms with Crippen LogP contribution in [0.3, 0.4) is 0 Å². The number of aryl methyl sites for hydroxylation is 1. The minimum atomic E-state index is 0.680. The van der Waals surface area contributed by atoms with Crippen molar-refractivity contribution in [2.24, 2.45) is 0 Å². The van der Waals surface area contributed by atoms with Gasteiger partial charge in [0.2, 0.25) is 0 Å². The van der Waals surface area contributed by atoms with E-state index >= 15 is 0 Å². The van der Waals surface area contributed by atoms with E-state index in [1.54, 1.807) is 11.3 Å². The van der Waals surface area contributed by atoms with Gasteiger partial charge >= 0.3 is 0 Å². The first-order valence-corrected chi connectivity index (χ1v) is 7.59. The van der Waals surface area contributed by atoms with Gasteiger partial charge in [0.25, 0.3) is 0 Å². The number of thiazole rings is 1. The van der Waals surface area contributed by atoms with Crippen LogP contribution in [0, 0.1) is 0 Å². The van der Waals surface area contributed by atoms with E-state index in [-0.39, 0.29) is 0 Å². The third kappa shape index (κ3) is 3.47. The van der Waals surface area contributed by atoms with E-state index in [0.717, 1.165) is 47.9 Å². The van der Waals surface area contributed by atoms with Gasteiger partial charge in [-0.1, -0.05) is 20.3 Å². The molecule has 0 spiro atoms. The molecule has 3 nitrogen and oxygen atoms in total. The first-order chi connectivity index (χ1) is 9.24. The molecule has 0 atom stereocenters. The number of ether oxygens (including phenoxy) is 1. The number of unbranched alkanes of at least 4 members (excludes halogenated alkanes) is 1. The van der Waals surface area contributed by atoms with Crippen molar-refractivity contribution in [2.45, 2.75) is 33.1 Å². The second kappa shape index (κ2) is 6.57. The van der Waals surface area contributed by atoms with Crippen LogP contribution in [0.15, 0.2) is 23.6 Å². The van der Waals surface area contributed by atoms with Gasteiger partial charge in [-0.15, -0.1) is 11.3 Å². The first kappa shape index (κ1) is 13.9. The van der Waals surface area contributed by atoms with Gasteiger partial charge in [-0.2, -0.15) is 0 Å². The summed E-state index contributed by atoms with van der Waals surface area (Å²) < 4.78 is 5.65. The van der Waals surface area contributed by atoms with E-state index in [1.165, 1.54) is 0 Å². The Bertz CT molecular complexity index is 537. The summed E-state index contributed by atoms with van der Waals surface area (Å²) in [7, 11) is 0. The van der Waals surface area contributed by atoms with E-state index in [4.69, 9.17) is 10.5 Å². The molecular weight excluding hydrogens is 256 g/mol. The molecule has 0 bridgehead atoms. The Hall–Kier alpha value is -1.55. The maximum absolute atomic E-state index is 6.03. The minimum Gasteiger partial charge on any atom is -0.491 e. The first-order valence-electron chi connectivity index (χ1n) is 6.71. The number of rotatable bonds is 6. The van der Waals surface area contributed by atoms with Crippen LogP contribution in [0.5, 0.6) is 5.75 Å². The molecule has 1 aromatic carbocycles. The molecule has 0 amide bonds. The average molecular weight is 276 g/mol. The normalized spacial score (nSPS) is 10.6. The Morgan fingerprint density at radius 1 is 1.32 bits per heavy atom. The summed E-state index contributed by atoms with van der Waals surface area (Å²) in [6.07, 6.45) is 3.14. The Kier molecular flexibility index (Phi) is 4.80. The van der Waals surface area contributed by atoms with E-state index < -0.39 is 0 Å². The minimum absolute atomic E-state index is 0.680. The molecule has 2 rings (SSSR count). The molecule has 0 aliphatic rings. The molecule has 0 radical (unpaired) electrons. The topological polar surface area (TPSA) is 48.1 Å². The molecule has 1 heterocycles. The Morgan fingerprint density at radius 3 is 2.79 bits per heavy atom. The van der Waals surface area contributed by atoms with Crippen LogP contribution in [-0.2, 0) is 6.42 Å². The van der Waals surface area contributed by atoms with Gasteiger partial charge in [0.15, 0.2) is 0 Å². The highest BCUT2D eigenvalue weighted by atomic mass is 32.1. The Labute approximate surface area is 118 Å². The molecule has 4 heteroatoms. The monoisotopic (exact) mass is 276 g/mol. The molecule has 0 fully saturated rings. The molecule has 0 aliphatic heterocycles. The lowest BCUT2D eigenvalue weighted by atomic mass is 10.1. The number of aromatic nitrogens is 1. The smallest absolute Gasteiger partial charge is 0.142 e. The molecule has 19 heavy (non-hydrogen) atoms. The van der Waals surface area contributed by atoms with E-state index in [0.29, 0.717) is 5.69 Å². The second-order valence-electron chi connectivity index (χ2n) is 4.43.